The summed E-state index contributed by atoms with van der Waals surface area (Å²) in [4.78, 5) is 0. The first-order valence-corrected chi connectivity index (χ1v) is 6.23. The Bertz CT molecular complexity index is 331. The third-order valence-electron chi connectivity index (χ3n) is 3.21. The Kier molecular flexibility index (Phi) is 4.54. The molecule has 1 aromatic rings. The fourth-order valence-corrected chi connectivity index (χ4v) is 2.02. The molecule has 17 heavy (non-hydrogen) atoms. The van der Waals surface area contributed by atoms with E-state index in [1.165, 1.54) is 11.1 Å². The quantitative estimate of drug-likeness (QED) is 0.847. The minimum absolute atomic E-state index is 0.260. The topological polar surface area (TPSA) is 30.5 Å². The average molecular weight is 235 g/mol. The van der Waals surface area contributed by atoms with E-state index in [-0.39, 0.29) is 12.1 Å². The van der Waals surface area contributed by atoms with E-state index in [4.69, 9.17) is 9.47 Å². The number of hydrogen-bond acceptors (Lipinski definition) is 3. The highest BCUT2D eigenvalue weighted by molar-refractivity contribution is 5.24. The molecule has 0 radical (unpaired) electrons. The molecular formula is C14H21NO2. The van der Waals surface area contributed by atoms with Crippen LogP contribution >= 0.6 is 0 Å². The van der Waals surface area contributed by atoms with Gasteiger partial charge in [-0.05, 0) is 26.0 Å². The van der Waals surface area contributed by atoms with Crippen molar-refractivity contribution in [3.8, 4) is 0 Å². The van der Waals surface area contributed by atoms with Crippen molar-refractivity contribution >= 4 is 0 Å². The maximum atomic E-state index is 5.85. The molecule has 1 aromatic carbocycles. The highest BCUT2D eigenvalue weighted by atomic mass is 16.5. The average Bonchev–Trinajstić information content (AvgIpc) is 2.85. The lowest BCUT2D eigenvalue weighted by Crippen LogP contribution is -2.25. The lowest BCUT2D eigenvalue weighted by Gasteiger charge is -2.19. The van der Waals surface area contributed by atoms with Crippen LogP contribution in [0.5, 0.6) is 0 Å². The van der Waals surface area contributed by atoms with E-state index in [1.807, 2.05) is 7.05 Å². The van der Waals surface area contributed by atoms with Crippen molar-refractivity contribution in [1.29, 1.82) is 0 Å². The van der Waals surface area contributed by atoms with Crippen LogP contribution in [0.15, 0.2) is 24.3 Å². The van der Waals surface area contributed by atoms with Crippen LogP contribution in [0.1, 0.15) is 23.6 Å². The van der Waals surface area contributed by atoms with Gasteiger partial charge in [0.05, 0.1) is 25.4 Å². The molecule has 1 aliphatic heterocycles. The molecule has 3 heteroatoms. The minimum atomic E-state index is 0.260. The predicted octanol–water partition coefficient (Wildman–Crippen LogP) is 2.06. The van der Waals surface area contributed by atoms with E-state index in [1.54, 1.807) is 0 Å². The first-order valence-electron chi connectivity index (χ1n) is 6.23. The van der Waals surface area contributed by atoms with E-state index < -0.39 is 0 Å². The molecule has 2 rings (SSSR count). The molecule has 1 aliphatic rings. The highest BCUT2D eigenvalue weighted by Gasteiger charge is 2.18. The second-order valence-electron chi connectivity index (χ2n) is 4.57. The van der Waals surface area contributed by atoms with Gasteiger partial charge in [-0.15, -0.1) is 0 Å². The number of likely N-dealkylation sites (N-methyl/N-ethyl adjacent to an activating group) is 1. The zero-order valence-corrected chi connectivity index (χ0v) is 10.6. The molecule has 0 bridgehead atoms. The normalized spacial score (nSPS) is 21.6. The van der Waals surface area contributed by atoms with Crippen molar-refractivity contribution in [2.45, 2.75) is 25.5 Å². The molecule has 3 nitrogen and oxygen atoms in total. The van der Waals surface area contributed by atoms with Gasteiger partial charge in [-0.25, -0.2) is 0 Å². The van der Waals surface area contributed by atoms with E-state index in [9.17, 15) is 0 Å². The Hall–Kier alpha value is -0.900. The van der Waals surface area contributed by atoms with Gasteiger partial charge in [-0.3, -0.25) is 0 Å². The van der Waals surface area contributed by atoms with Crippen LogP contribution in [0.2, 0.25) is 0 Å². The summed E-state index contributed by atoms with van der Waals surface area (Å²) >= 11 is 0. The van der Waals surface area contributed by atoms with Gasteiger partial charge < -0.3 is 14.8 Å². The number of nitrogens with one attached hydrogen (secondary N) is 1. The second-order valence-corrected chi connectivity index (χ2v) is 4.57. The first-order chi connectivity index (χ1) is 8.29. The number of rotatable bonds is 5. The largest absolute Gasteiger partial charge is 0.379 e. The number of aryl methyl sites for hydroxylation is 1. The SMILES string of the molecule is CNC(COC1CCOC1)c1ccc(C)cc1. The molecule has 0 saturated carbocycles. The highest BCUT2D eigenvalue weighted by Crippen LogP contribution is 2.16. The Morgan fingerprint density at radius 1 is 1.41 bits per heavy atom. The van der Waals surface area contributed by atoms with E-state index in [2.05, 4.69) is 36.5 Å². The number of ether oxygens (including phenoxy) is 2. The second kappa shape index (κ2) is 6.15. The maximum Gasteiger partial charge on any atom is 0.0831 e. The summed E-state index contributed by atoms with van der Waals surface area (Å²) in [5.74, 6) is 0. The Morgan fingerprint density at radius 3 is 2.76 bits per heavy atom. The molecule has 1 heterocycles. The van der Waals surface area contributed by atoms with Crippen LogP contribution in [0, 0.1) is 6.92 Å². The summed E-state index contributed by atoms with van der Waals surface area (Å²) in [7, 11) is 1.97. The van der Waals surface area contributed by atoms with E-state index in [0.29, 0.717) is 6.61 Å². The lowest BCUT2D eigenvalue weighted by atomic mass is 10.1. The summed E-state index contributed by atoms with van der Waals surface area (Å²) in [6, 6.07) is 8.85. The van der Waals surface area contributed by atoms with Gasteiger partial charge in [0.1, 0.15) is 0 Å². The van der Waals surface area contributed by atoms with Gasteiger partial charge in [0, 0.05) is 6.61 Å². The molecule has 1 saturated heterocycles. The van der Waals surface area contributed by atoms with Crippen molar-refractivity contribution in [3.05, 3.63) is 35.4 Å². The van der Waals surface area contributed by atoms with Crippen LogP contribution in [-0.4, -0.2) is 33.0 Å². The molecule has 0 amide bonds. The van der Waals surface area contributed by atoms with Gasteiger partial charge in [-0.2, -0.15) is 0 Å². The van der Waals surface area contributed by atoms with E-state index in [0.717, 1.165) is 19.6 Å². The Morgan fingerprint density at radius 2 is 2.18 bits per heavy atom. The summed E-state index contributed by atoms with van der Waals surface area (Å²) in [6.07, 6.45) is 1.29. The van der Waals surface area contributed by atoms with Gasteiger partial charge in [-0.1, -0.05) is 29.8 Å². The zero-order valence-electron chi connectivity index (χ0n) is 10.6. The Balaban J connectivity index is 1.89. The summed E-state index contributed by atoms with van der Waals surface area (Å²) in [6.45, 7) is 4.38. The molecule has 0 spiro atoms. The van der Waals surface area contributed by atoms with Crippen LogP contribution < -0.4 is 5.32 Å². The molecule has 1 fully saturated rings. The van der Waals surface area contributed by atoms with Crippen molar-refractivity contribution in [1.82, 2.24) is 5.32 Å². The molecule has 0 aliphatic carbocycles. The summed E-state index contributed by atoms with van der Waals surface area (Å²) in [5, 5.41) is 3.30. The third kappa shape index (κ3) is 3.53. The predicted molar refractivity (Wildman–Crippen MR) is 68.2 cm³/mol. The smallest absolute Gasteiger partial charge is 0.0831 e. The van der Waals surface area contributed by atoms with Crippen molar-refractivity contribution in [2.24, 2.45) is 0 Å². The van der Waals surface area contributed by atoms with Crippen LogP contribution in [-0.2, 0) is 9.47 Å². The molecule has 2 unspecified atom stereocenters. The monoisotopic (exact) mass is 235 g/mol. The lowest BCUT2D eigenvalue weighted by molar-refractivity contribution is 0.0308. The van der Waals surface area contributed by atoms with E-state index >= 15 is 0 Å². The molecule has 1 N–H and O–H groups in total. The van der Waals surface area contributed by atoms with Crippen molar-refractivity contribution < 1.29 is 9.47 Å². The van der Waals surface area contributed by atoms with Gasteiger partial charge >= 0.3 is 0 Å². The molecule has 94 valence electrons. The standard InChI is InChI=1S/C14H21NO2/c1-11-3-5-12(6-4-11)14(15-2)10-17-13-7-8-16-9-13/h3-6,13-15H,7-10H2,1-2H3. The fraction of sp³-hybridized carbons (Fsp3) is 0.571. The van der Waals surface area contributed by atoms with Crippen molar-refractivity contribution in [2.75, 3.05) is 26.9 Å². The number of benzene rings is 1. The Labute approximate surface area is 103 Å². The van der Waals surface area contributed by atoms with Crippen LogP contribution in [0.25, 0.3) is 0 Å². The van der Waals surface area contributed by atoms with Crippen LogP contribution in [0.4, 0.5) is 0 Å². The first kappa shape index (κ1) is 12.6. The maximum absolute atomic E-state index is 5.85. The molecule has 0 aromatic heterocycles. The van der Waals surface area contributed by atoms with Gasteiger partial charge in [0.15, 0.2) is 0 Å². The zero-order chi connectivity index (χ0) is 12.1. The minimum Gasteiger partial charge on any atom is -0.379 e. The molecule has 2 atom stereocenters. The molecular weight excluding hydrogens is 214 g/mol. The third-order valence-corrected chi connectivity index (χ3v) is 3.21. The van der Waals surface area contributed by atoms with Gasteiger partial charge in [0.2, 0.25) is 0 Å². The number of hydrogen-bond donors (Lipinski definition) is 1. The van der Waals surface area contributed by atoms with Crippen molar-refractivity contribution in [3.63, 3.8) is 0 Å². The van der Waals surface area contributed by atoms with Gasteiger partial charge in [0.25, 0.3) is 0 Å². The summed E-state index contributed by atoms with van der Waals surface area (Å²) in [5.41, 5.74) is 2.56. The summed E-state index contributed by atoms with van der Waals surface area (Å²) < 4.78 is 11.2. The fourth-order valence-electron chi connectivity index (χ4n) is 2.02. The van der Waals surface area contributed by atoms with Crippen LogP contribution in [0.3, 0.4) is 0 Å².